The average Bonchev–Trinajstić information content (AvgIpc) is 4.26. The molecule has 0 spiro atoms. The average molecular weight is 1080 g/mol. The number of carbonyl (C=O) groups is 4. The molecule has 5 bridgehead atoms. The van der Waals surface area contributed by atoms with Gasteiger partial charge in [0, 0.05) is 110 Å². The van der Waals surface area contributed by atoms with Crippen LogP contribution in [0, 0.1) is 36.4 Å². The fraction of sp³-hybridized carbons (Fsp3) is 0.446. The highest BCUT2D eigenvalue weighted by Crippen LogP contribution is 2.55. The second-order valence-corrected chi connectivity index (χ2v) is 20.7. The molecule has 78 heavy (non-hydrogen) atoms. The molecule has 0 saturated heterocycles. The number of ketones is 1. The van der Waals surface area contributed by atoms with Crippen LogP contribution < -0.4 is 36.0 Å². The van der Waals surface area contributed by atoms with Crippen LogP contribution in [0.5, 0.6) is 28.7 Å². The number of allylic oxidation sites excluding steroid dienone is 2. The molecule has 5 heterocycles. The van der Waals surface area contributed by atoms with Crippen LogP contribution in [0.25, 0.3) is 21.7 Å². The van der Waals surface area contributed by atoms with E-state index in [9.17, 15) is 54.6 Å². The number of aliphatic hydroxyl groups is 2. The normalized spacial score (nSPS) is 25.9. The number of pyridine rings is 1. The summed E-state index contributed by atoms with van der Waals surface area (Å²) in [6.07, 6.45) is 7.67. The van der Waals surface area contributed by atoms with Gasteiger partial charge in [-0.3, -0.25) is 19.2 Å². The van der Waals surface area contributed by atoms with Gasteiger partial charge in [0.2, 0.25) is 5.43 Å². The van der Waals surface area contributed by atoms with E-state index in [0.717, 1.165) is 12.3 Å². The van der Waals surface area contributed by atoms with Gasteiger partial charge in [-0.25, -0.2) is 14.6 Å². The maximum absolute atomic E-state index is 16.2. The number of benzene rings is 3. The molecule has 5 aliphatic rings. The van der Waals surface area contributed by atoms with Gasteiger partial charge < -0.3 is 74.5 Å². The molecular formula is C56H66FN5O16. The van der Waals surface area contributed by atoms with Gasteiger partial charge >= 0.3 is 17.7 Å². The molecule has 9 N–H and O–H groups in total. The molecule has 1 aliphatic carbocycles. The first-order chi connectivity index (χ1) is 36.9. The second-order valence-electron chi connectivity index (χ2n) is 20.7. The highest BCUT2D eigenvalue weighted by molar-refractivity contribution is 6.22. The van der Waals surface area contributed by atoms with Crippen LogP contribution in [0.2, 0.25) is 0 Å². The Morgan fingerprint density at radius 3 is 2.31 bits per heavy atom. The maximum atomic E-state index is 16.2. The highest BCUT2D eigenvalue weighted by Gasteiger charge is 2.50. The van der Waals surface area contributed by atoms with Crippen molar-refractivity contribution in [1.82, 2.24) is 15.4 Å². The third-order valence-corrected chi connectivity index (χ3v) is 15.4. The number of nitrogens with one attached hydrogen (secondary N) is 3. The molecule has 21 nitrogen and oxygen atoms in total. The number of amides is 1. The Balaban J connectivity index is 1.19. The number of rotatable bonds is 10. The van der Waals surface area contributed by atoms with E-state index in [-0.39, 0.29) is 80.4 Å². The van der Waals surface area contributed by atoms with Crippen LogP contribution in [0.15, 0.2) is 65.1 Å². The minimum Gasteiger partial charge on any atom is -0.507 e. The van der Waals surface area contributed by atoms with Crippen molar-refractivity contribution in [2.75, 3.05) is 31.0 Å². The SMILES string of the molecule is COc1c(N2C=C(NNCc3c4c(O)c5c(O)c(C)c6c(c5c3O)C(=O)[C@@](C)(OC=C[C@H](OC)[C@@H](C)[C@@H](OC(C)=O)[C@H](C)[C@H](O)[C@H](C)[C@@H](O)[C@@H](C)C=CC=C(C)C(=O)N4)O6)CC2)c(F)cc2c(=O)c(C(=O)O)cn(C3CC3)c12. The number of fused-ring (bicyclic) bond motifs is 15. The zero-order chi connectivity index (χ0) is 57.0. The predicted octanol–water partition coefficient (Wildman–Crippen LogP) is 6.60. The summed E-state index contributed by atoms with van der Waals surface area (Å²) in [7, 11) is 2.73. The number of aliphatic hydroxyl groups excluding tert-OH is 2. The zero-order valence-electron chi connectivity index (χ0n) is 44.9. The first-order valence-electron chi connectivity index (χ1n) is 25.6. The van der Waals surface area contributed by atoms with E-state index in [1.54, 1.807) is 49.4 Å². The summed E-state index contributed by atoms with van der Waals surface area (Å²) in [5.74, 6) is -11.5. The van der Waals surface area contributed by atoms with Crippen molar-refractivity contribution in [3.05, 3.63) is 98.6 Å². The van der Waals surface area contributed by atoms with Crippen LogP contribution >= 0.6 is 0 Å². The molecule has 1 fully saturated rings. The van der Waals surface area contributed by atoms with E-state index in [4.69, 9.17) is 23.7 Å². The minimum absolute atomic E-state index is 0.00914. The molecule has 1 amide bonds. The Bertz CT molecular complexity index is 3310. The number of phenols is 3. The summed E-state index contributed by atoms with van der Waals surface area (Å²) in [6.45, 7) is 12.1. The molecule has 3 aromatic carbocycles. The number of halogens is 1. The van der Waals surface area contributed by atoms with Crippen molar-refractivity contribution in [2.45, 2.75) is 117 Å². The van der Waals surface area contributed by atoms with Crippen molar-refractivity contribution in [3.8, 4) is 28.7 Å². The van der Waals surface area contributed by atoms with E-state index in [0.29, 0.717) is 18.5 Å². The number of hydrazine groups is 1. The maximum Gasteiger partial charge on any atom is 0.341 e. The first-order valence-corrected chi connectivity index (χ1v) is 25.6. The lowest BCUT2D eigenvalue weighted by atomic mass is 9.78. The summed E-state index contributed by atoms with van der Waals surface area (Å²) in [5, 5.41) is 71.1. The highest BCUT2D eigenvalue weighted by atomic mass is 19.1. The van der Waals surface area contributed by atoms with Gasteiger partial charge in [-0.1, -0.05) is 45.9 Å². The number of carbonyl (C=O) groups excluding carboxylic acids is 3. The Labute approximate surface area is 448 Å². The molecule has 4 aromatic rings. The fourth-order valence-corrected chi connectivity index (χ4v) is 10.7. The lowest BCUT2D eigenvalue weighted by molar-refractivity contribution is -0.160. The molecule has 22 heteroatoms. The van der Waals surface area contributed by atoms with Gasteiger partial charge in [-0.15, -0.1) is 0 Å². The van der Waals surface area contributed by atoms with Gasteiger partial charge in [0.1, 0.15) is 34.6 Å². The number of ether oxygens (including phenoxy) is 5. The van der Waals surface area contributed by atoms with E-state index < -0.39 is 123 Å². The van der Waals surface area contributed by atoms with Crippen LogP contribution in [-0.2, 0) is 30.3 Å². The number of nitrogens with zero attached hydrogens (tertiary/aromatic N) is 2. The summed E-state index contributed by atoms with van der Waals surface area (Å²) < 4.78 is 47.4. The molecular weight excluding hydrogens is 1020 g/mol. The van der Waals surface area contributed by atoms with Crippen LogP contribution in [0.1, 0.15) is 106 Å². The topological polar surface area (TPSA) is 297 Å². The third-order valence-electron chi connectivity index (χ3n) is 15.4. The lowest BCUT2D eigenvalue weighted by Gasteiger charge is -2.38. The monoisotopic (exact) mass is 1080 g/mol. The quantitative estimate of drug-likeness (QED) is 0.0350. The fourth-order valence-electron chi connectivity index (χ4n) is 10.7. The molecule has 4 aliphatic heterocycles. The van der Waals surface area contributed by atoms with E-state index >= 15 is 4.39 Å². The van der Waals surface area contributed by atoms with Gasteiger partial charge in [-0.2, -0.15) is 0 Å². The molecule has 1 aromatic heterocycles. The predicted molar refractivity (Wildman–Crippen MR) is 284 cm³/mol. The Hall–Kier alpha value is -7.66. The van der Waals surface area contributed by atoms with Gasteiger partial charge in [0.15, 0.2) is 17.3 Å². The standard InChI is InChI=1S/C56H66FN5O16/c1-24-12-11-13-25(2)54(71)59-41-34(21-58-60-31-16-18-61(22-31)43-36(57)20-33-42(52(43)75-10)62(32-14-15-32)23-35(47(33)67)55(72)73)48(68)38-39(49(41)69)46(66)29(6)51-40(38)53(70)56(8,78-51)76-19-17-37(74-9)26(3)50(77-30(7)63)28(5)45(65)27(4)44(24)64/h11-13,17,19-20,22-24,26-28,32,37,44-45,50,58,60,64-66,68-69H,14-16,18,21H2,1-10H3,(H,59,71)(H,72,73)/t24-,26+,27+,28+,37-,44-,45+,50+,56-/m0/s1. The number of methoxy groups -OCH3 is 2. The summed E-state index contributed by atoms with van der Waals surface area (Å²) in [4.78, 5) is 68.1. The molecule has 0 unspecified atom stereocenters. The van der Waals surface area contributed by atoms with Crippen molar-refractivity contribution in [2.24, 2.45) is 23.7 Å². The molecule has 0 radical (unpaired) electrons. The Morgan fingerprint density at radius 1 is 0.962 bits per heavy atom. The smallest absolute Gasteiger partial charge is 0.341 e. The Kier molecular flexibility index (Phi) is 15.9. The number of aromatic hydroxyl groups is 3. The first kappa shape index (κ1) is 56.5. The molecule has 1 saturated carbocycles. The number of Topliss-reactive ketones (excluding diaryl/α,β-unsaturated/α-hetero) is 1. The number of carboxylic acids is 1. The third kappa shape index (κ3) is 10.2. The van der Waals surface area contributed by atoms with E-state index in [1.807, 2.05) is 0 Å². The zero-order valence-corrected chi connectivity index (χ0v) is 44.9. The number of carboxylic acid groups (broad SMARTS) is 1. The van der Waals surface area contributed by atoms with Crippen molar-refractivity contribution in [1.29, 1.82) is 0 Å². The number of esters is 1. The Morgan fingerprint density at radius 2 is 1.67 bits per heavy atom. The molecule has 418 valence electrons. The van der Waals surface area contributed by atoms with Gasteiger partial charge in [-0.05, 0) is 38.8 Å². The van der Waals surface area contributed by atoms with E-state index in [1.165, 1.54) is 66.3 Å². The van der Waals surface area contributed by atoms with Crippen molar-refractivity contribution in [3.63, 3.8) is 0 Å². The summed E-state index contributed by atoms with van der Waals surface area (Å²) >= 11 is 0. The second kappa shape index (κ2) is 22.0. The number of aromatic nitrogens is 1. The van der Waals surface area contributed by atoms with Crippen LogP contribution in [0.3, 0.4) is 0 Å². The number of anilines is 2. The minimum atomic E-state index is -2.14. The van der Waals surface area contributed by atoms with Gasteiger partial charge in [0.05, 0.1) is 59.2 Å². The number of phenolic OH excluding ortho intramolecular Hbond substituents is 3. The molecule has 9 rings (SSSR count). The largest absolute Gasteiger partial charge is 0.507 e. The number of hydrogen-bond donors (Lipinski definition) is 9. The summed E-state index contributed by atoms with van der Waals surface area (Å²) in [5.41, 5.74) is 4.67. The van der Waals surface area contributed by atoms with Gasteiger partial charge in [0.25, 0.3) is 11.7 Å². The molecule has 9 atom stereocenters. The lowest BCUT2D eigenvalue weighted by Crippen LogP contribution is -2.46. The number of aromatic carboxylic acids is 1. The number of hydrogen-bond acceptors (Lipinski definition) is 18. The van der Waals surface area contributed by atoms with Crippen molar-refractivity contribution < 1.29 is 77.9 Å². The summed E-state index contributed by atoms with van der Waals surface area (Å²) in [6, 6.07) is 0.884. The van der Waals surface area contributed by atoms with E-state index in [2.05, 4.69) is 16.2 Å². The van der Waals surface area contributed by atoms with Crippen molar-refractivity contribution >= 4 is 56.7 Å². The van der Waals surface area contributed by atoms with Crippen LogP contribution in [-0.4, -0.2) is 110 Å². The van der Waals surface area contributed by atoms with Crippen LogP contribution in [0.4, 0.5) is 15.8 Å².